The SMILES string of the molecule is CC(=O)CN1CCc2cccc3c2[C@H]1Cc1ccc2c(c1-3)OC(C)(C)O2. The number of hydrogen-bond donors (Lipinski definition) is 0. The van der Waals surface area contributed by atoms with E-state index in [1.165, 1.54) is 27.8 Å². The van der Waals surface area contributed by atoms with Crippen LogP contribution in [0.25, 0.3) is 11.1 Å². The highest BCUT2D eigenvalue weighted by Gasteiger charge is 2.40. The number of Topliss-reactive ketones (excluding diaryl/α,β-unsaturated/α-hetero) is 1. The molecule has 0 amide bonds. The molecule has 1 atom stereocenters. The molecule has 2 aromatic carbocycles. The maximum Gasteiger partial charge on any atom is 0.246 e. The van der Waals surface area contributed by atoms with Gasteiger partial charge in [0.05, 0.1) is 6.54 Å². The van der Waals surface area contributed by atoms with E-state index >= 15 is 0 Å². The summed E-state index contributed by atoms with van der Waals surface area (Å²) in [6.07, 6.45) is 1.89. The number of nitrogens with zero attached hydrogens (tertiary/aromatic N) is 1. The van der Waals surface area contributed by atoms with E-state index in [1.807, 2.05) is 19.9 Å². The minimum Gasteiger partial charge on any atom is -0.449 e. The molecule has 5 rings (SSSR count). The van der Waals surface area contributed by atoms with Crippen LogP contribution in [-0.4, -0.2) is 29.6 Å². The zero-order valence-electron chi connectivity index (χ0n) is 15.5. The molecule has 0 unspecified atom stereocenters. The fourth-order valence-electron chi connectivity index (χ4n) is 4.74. The Morgan fingerprint density at radius 3 is 2.85 bits per heavy atom. The van der Waals surface area contributed by atoms with Crippen LogP contribution in [-0.2, 0) is 17.6 Å². The second-order valence-corrected chi connectivity index (χ2v) is 8.05. The average molecular weight is 349 g/mol. The summed E-state index contributed by atoms with van der Waals surface area (Å²) in [5.74, 6) is 1.28. The fourth-order valence-corrected chi connectivity index (χ4v) is 4.74. The van der Waals surface area contributed by atoms with Gasteiger partial charge >= 0.3 is 0 Å². The van der Waals surface area contributed by atoms with Crippen LogP contribution in [0.1, 0.15) is 43.5 Å². The molecule has 2 aromatic rings. The summed E-state index contributed by atoms with van der Waals surface area (Å²) in [5.41, 5.74) is 6.45. The third kappa shape index (κ3) is 2.28. The van der Waals surface area contributed by atoms with Crippen LogP contribution >= 0.6 is 0 Å². The molecule has 0 spiro atoms. The lowest BCUT2D eigenvalue weighted by molar-refractivity contribution is -0.118. The Balaban J connectivity index is 1.69. The van der Waals surface area contributed by atoms with E-state index in [2.05, 4.69) is 29.2 Å². The van der Waals surface area contributed by atoms with Crippen molar-refractivity contribution in [3.63, 3.8) is 0 Å². The molecule has 0 fully saturated rings. The molecule has 0 bridgehead atoms. The first-order chi connectivity index (χ1) is 12.4. The number of ketones is 1. The first kappa shape index (κ1) is 15.9. The molecule has 1 aliphatic carbocycles. The number of hydrogen-bond acceptors (Lipinski definition) is 4. The van der Waals surface area contributed by atoms with Crippen molar-refractivity contribution in [1.29, 1.82) is 0 Å². The predicted molar refractivity (Wildman–Crippen MR) is 99.6 cm³/mol. The molecule has 0 radical (unpaired) electrons. The Kier molecular flexibility index (Phi) is 3.26. The highest BCUT2D eigenvalue weighted by Crippen LogP contribution is 2.53. The Labute approximate surface area is 153 Å². The number of benzene rings is 2. The third-order valence-electron chi connectivity index (χ3n) is 5.66. The van der Waals surface area contributed by atoms with Crippen molar-refractivity contribution in [2.24, 2.45) is 0 Å². The van der Waals surface area contributed by atoms with Gasteiger partial charge in [-0.15, -0.1) is 0 Å². The van der Waals surface area contributed by atoms with Crippen LogP contribution in [0.2, 0.25) is 0 Å². The largest absolute Gasteiger partial charge is 0.449 e. The summed E-state index contributed by atoms with van der Waals surface area (Å²) < 4.78 is 12.1. The van der Waals surface area contributed by atoms with Gasteiger partial charge in [-0.1, -0.05) is 24.3 Å². The lowest BCUT2D eigenvalue weighted by atomic mass is 9.76. The number of carbonyl (C=O) groups is 1. The predicted octanol–water partition coefficient (Wildman–Crippen LogP) is 3.91. The fraction of sp³-hybridized carbons (Fsp3) is 0.409. The molecule has 4 heteroatoms. The highest BCUT2D eigenvalue weighted by atomic mass is 16.7. The Hall–Kier alpha value is -2.33. The zero-order chi connectivity index (χ0) is 18.1. The standard InChI is InChI=1S/C22H23NO3/c1-13(24)12-23-10-9-14-5-4-6-16-19(14)17(23)11-15-7-8-18-21(20(15)16)26-22(2,3)25-18/h4-8,17H,9-12H2,1-3H3/t17-/m1/s1. The molecule has 0 aromatic heterocycles. The van der Waals surface area contributed by atoms with Crippen LogP contribution in [0.3, 0.4) is 0 Å². The summed E-state index contributed by atoms with van der Waals surface area (Å²) in [5, 5.41) is 0. The van der Waals surface area contributed by atoms with Crippen LogP contribution in [0, 0.1) is 0 Å². The summed E-state index contributed by atoms with van der Waals surface area (Å²) in [7, 11) is 0. The second-order valence-electron chi connectivity index (χ2n) is 8.05. The first-order valence-corrected chi connectivity index (χ1v) is 9.32. The minimum absolute atomic E-state index is 0.226. The Morgan fingerprint density at radius 1 is 1.19 bits per heavy atom. The molecule has 3 aliphatic rings. The number of carbonyl (C=O) groups excluding carboxylic acids is 1. The van der Waals surface area contributed by atoms with Crippen molar-refractivity contribution in [3.05, 3.63) is 47.0 Å². The highest BCUT2D eigenvalue weighted by molar-refractivity contribution is 5.84. The van der Waals surface area contributed by atoms with Crippen molar-refractivity contribution in [2.45, 2.75) is 45.4 Å². The van der Waals surface area contributed by atoms with Gasteiger partial charge in [0.25, 0.3) is 0 Å². The van der Waals surface area contributed by atoms with Gasteiger partial charge < -0.3 is 9.47 Å². The number of rotatable bonds is 2. The van der Waals surface area contributed by atoms with Crippen molar-refractivity contribution in [1.82, 2.24) is 4.90 Å². The van der Waals surface area contributed by atoms with Gasteiger partial charge in [0.15, 0.2) is 11.5 Å². The van der Waals surface area contributed by atoms with E-state index < -0.39 is 5.79 Å². The van der Waals surface area contributed by atoms with Crippen LogP contribution < -0.4 is 9.47 Å². The van der Waals surface area contributed by atoms with Gasteiger partial charge in [0, 0.05) is 32.0 Å². The Bertz CT molecular complexity index is 931. The summed E-state index contributed by atoms with van der Waals surface area (Å²) in [6, 6.07) is 11.0. The smallest absolute Gasteiger partial charge is 0.246 e. The first-order valence-electron chi connectivity index (χ1n) is 9.32. The normalized spacial score (nSPS) is 21.9. The number of fused-ring (bicyclic) bond motifs is 4. The topological polar surface area (TPSA) is 38.8 Å². The lowest BCUT2D eigenvalue weighted by Gasteiger charge is -2.41. The van der Waals surface area contributed by atoms with E-state index in [9.17, 15) is 4.79 Å². The minimum atomic E-state index is -0.635. The second kappa shape index (κ2) is 5.34. The quantitative estimate of drug-likeness (QED) is 0.824. The monoisotopic (exact) mass is 349 g/mol. The van der Waals surface area contributed by atoms with Gasteiger partial charge in [-0.05, 0) is 48.1 Å². The Morgan fingerprint density at radius 2 is 2.04 bits per heavy atom. The van der Waals surface area contributed by atoms with E-state index in [-0.39, 0.29) is 11.8 Å². The number of ether oxygens (including phenoxy) is 2. The molecule has 0 N–H and O–H groups in total. The van der Waals surface area contributed by atoms with Gasteiger partial charge in [-0.2, -0.15) is 0 Å². The molecule has 0 saturated heterocycles. The third-order valence-corrected chi connectivity index (χ3v) is 5.66. The van der Waals surface area contributed by atoms with Crippen LogP contribution in [0.15, 0.2) is 30.3 Å². The maximum absolute atomic E-state index is 11.8. The van der Waals surface area contributed by atoms with Crippen molar-refractivity contribution in [2.75, 3.05) is 13.1 Å². The van der Waals surface area contributed by atoms with Gasteiger partial charge in [0.2, 0.25) is 5.79 Å². The summed E-state index contributed by atoms with van der Waals surface area (Å²) in [4.78, 5) is 14.1. The molecule has 26 heavy (non-hydrogen) atoms. The maximum atomic E-state index is 11.8. The molecular weight excluding hydrogens is 326 g/mol. The van der Waals surface area contributed by atoms with E-state index in [1.54, 1.807) is 6.92 Å². The van der Waals surface area contributed by atoms with E-state index in [0.717, 1.165) is 30.9 Å². The molecule has 2 heterocycles. The van der Waals surface area contributed by atoms with Gasteiger partial charge in [-0.3, -0.25) is 9.69 Å². The summed E-state index contributed by atoms with van der Waals surface area (Å²) >= 11 is 0. The molecule has 4 nitrogen and oxygen atoms in total. The van der Waals surface area contributed by atoms with Crippen molar-refractivity contribution >= 4 is 5.78 Å². The lowest BCUT2D eigenvalue weighted by Crippen LogP contribution is -2.40. The van der Waals surface area contributed by atoms with Gasteiger partial charge in [0.1, 0.15) is 5.78 Å². The van der Waals surface area contributed by atoms with E-state index in [4.69, 9.17) is 9.47 Å². The molecule has 0 saturated carbocycles. The van der Waals surface area contributed by atoms with Gasteiger partial charge in [-0.25, -0.2) is 0 Å². The molecule has 2 aliphatic heterocycles. The zero-order valence-corrected chi connectivity index (χ0v) is 15.5. The average Bonchev–Trinajstić information content (AvgIpc) is 2.90. The summed E-state index contributed by atoms with van der Waals surface area (Å²) in [6.45, 7) is 7.03. The van der Waals surface area contributed by atoms with Crippen LogP contribution in [0.4, 0.5) is 0 Å². The van der Waals surface area contributed by atoms with E-state index in [0.29, 0.717) is 6.54 Å². The van der Waals surface area contributed by atoms with Crippen molar-refractivity contribution in [3.8, 4) is 22.6 Å². The molecule has 134 valence electrons. The molecular formula is C22H23NO3. The van der Waals surface area contributed by atoms with Crippen molar-refractivity contribution < 1.29 is 14.3 Å². The van der Waals surface area contributed by atoms with Crippen LogP contribution in [0.5, 0.6) is 11.5 Å².